The third-order valence-electron chi connectivity index (χ3n) is 5.67. The summed E-state index contributed by atoms with van der Waals surface area (Å²) in [5.74, 6) is 0.856. The van der Waals surface area contributed by atoms with Crippen LogP contribution in [0.25, 0.3) is 0 Å². The summed E-state index contributed by atoms with van der Waals surface area (Å²) >= 11 is 0. The lowest BCUT2D eigenvalue weighted by atomic mass is 10.1. The van der Waals surface area contributed by atoms with Crippen LogP contribution in [-0.4, -0.2) is 48.1 Å². The first-order valence-corrected chi connectivity index (χ1v) is 11.5. The Balaban J connectivity index is 2.09. The van der Waals surface area contributed by atoms with Crippen LogP contribution in [0.3, 0.4) is 0 Å². The van der Waals surface area contributed by atoms with Crippen LogP contribution in [0.1, 0.15) is 51.7 Å². The van der Waals surface area contributed by atoms with Crippen molar-refractivity contribution in [3.05, 3.63) is 59.7 Å². The number of hydrogen-bond donors (Lipinski definition) is 1. The molecule has 2 amide bonds. The van der Waals surface area contributed by atoms with Gasteiger partial charge in [-0.25, -0.2) is 4.79 Å². The summed E-state index contributed by atoms with van der Waals surface area (Å²) in [5, 5.41) is 3.08. The van der Waals surface area contributed by atoms with Gasteiger partial charge in [0.25, 0.3) is 0 Å². The number of rotatable bonds is 12. The smallest absolute Gasteiger partial charge is 0.322 e. The van der Waals surface area contributed by atoms with Crippen molar-refractivity contribution in [2.75, 3.05) is 31.6 Å². The summed E-state index contributed by atoms with van der Waals surface area (Å²) in [7, 11) is 0. The molecule has 5 heteroatoms. The molecule has 0 aliphatic heterocycles. The maximum Gasteiger partial charge on any atom is 0.322 e. The number of nitrogens with one attached hydrogen (secondary N) is 1. The maximum atomic E-state index is 13.2. The van der Waals surface area contributed by atoms with E-state index in [0.717, 1.165) is 49.5 Å². The van der Waals surface area contributed by atoms with Crippen molar-refractivity contribution in [1.82, 2.24) is 9.80 Å². The summed E-state index contributed by atoms with van der Waals surface area (Å²) in [5.41, 5.74) is 3.09. The van der Waals surface area contributed by atoms with E-state index in [9.17, 15) is 4.79 Å². The van der Waals surface area contributed by atoms with E-state index < -0.39 is 0 Å². The van der Waals surface area contributed by atoms with Gasteiger partial charge in [-0.15, -0.1) is 0 Å². The highest BCUT2D eigenvalue weighted by Gasteiger charge is 2.21. The second kappa shape index (κ2) is 13.0. The quantitative estimate of drug-likeness (QED) is 0.458. The summed E-state index contributed by atoms with van der Waals surface area (Å²) in [6, 6.07) is 16.0. The highest BCUT2D eigenvalue weighted by molar-refractivity contribution is 5.89. The Morgan fingerprint density at radius 2 is 1.65 bits per heavy atom. The molecule has 2 aromatic rings. The third-order valence-corrected chi connectivity index (χ3v) is 5.67. The average Bonchev–Trinajstić information content (AvgIpc) is 2.77. The molecule has 0 aliphatic rings. The van der Waals surface area contributed by atoms with Gasteiger partial charge >= 0.3 is 6.03 Å². The zero-order chi connectivity index (χ0) is 22.6. The van der Waals surface area contributed by atoms with E-state index in [1.165, 1.54) is 5.56 Å². The number of carbonyl (C=O) groups excluding carboxylic acids is 1. The molecule has 2 rings (SSSR count). The monoisotopic (exact) mass is 425 g/mol. The number of carbonyl (C=O) groups is 1. The highest BCUT2D eigenvalue weighted by Crippen LogP contribution is 2.18. The minimum absolute atomic E-state index is 0.0620. The molecule has 0 aliphatic carbocycles. The van der Waals surface area contributed by atoms with Gasteiger partial charge in [0, 0.05) is 18.3 Å². The summed E-state index contributed by atoms with van der Waals surface area (Å²) in [4.78, 5) is 17.6. The molecular formula is C26H39N3O2. The molecule has 0 radical (unpaired) electrons. The van der Waals surface area contributed by atoms with Crippen LogP contribution in [0.5, 0.6) is 5.75 Å². The second-order valence-corrected chi connectivity index (χ2v) is 8.02. The molecule has 170 valence electrons. The van der Waals surface area contributed by atoms with Crippen molar-refractivity contribution in [2.24, 2.45) is 0 Å². The summed E-state index contributed by atoms with van der Waals surface area (Å²) in [6.45, 7) is 15.0. The predicted octanol–water partition coefficient (Wildman–Crippen LogP) is 5.94. The molecule has 1 N–H and O–H groups in total. The van der Waals surface area contributed by atoms with Gasteiger partial charge in [0.15, 0.2) is 0 Å². The number of anilines is 1. The molecule has 0 saturated heterocycles. The van der Waals surface area contributed by atoms with Crippen molar-refractivity contribution < 1.29 is 9.53 Å². The molecule has 1 unspecified atom stereocenters. The van der Waals surface area contributed by atoms with Crippen LogP contribution in [0.4, 0.5) is 10.5 Å². The number of urea groups is 1. The number of benzene rings is 2. The zero-order valence-electron chi connectivity index (χ0n) is 19.9. The van der Waals surface area contributed by atoms with E-state index in [2.05, 4.69) is 31.0 Å². The van der Waals surface area contributed by atoms with E-state index in [0.29, 0.717) is 13.2 Å². The molecule has 31 heavy (non-hydrogen) atoms. The Morgan fingerprint density at radius 3 is 2.23 bits per heavy atom. The minimum atomic E-state index is -0.0620. The van der Waals surface area contributed by atoms with Gasteiger partial charge in [-0.1, -0.05) is 43.7 Å². The number of nitrogens with zero attached hydrogens (tertiary/aromatic N) is 2. The number of aryl methyl sites for hydroxylation is 1. The van der Waals surface area contributed by atoms with Crippen molar-refractivity contribution in [3.63, 3.8) is 0 Å². The van der Waals surface area contributed by atoms with Crippen LogP contribution < -0.4 is 10.1 Å². The molecule has 0 fully saturated rings. The lowest BCUT2D eigenvalue weighted by Gasteiger charge is -2.30. The van der Waals surface area contributed by atoms with Crippen molar-refractivity contribution >= 4 is 11.7 Å². The standard InChI is InChI=1S/C26H39N3O2/c1-6-28(7-2)19-9-10-22(5)29(20-23-13-17-25(18-14-23)31-8-3)26(30)27-24-15-11-21(4)12-16-24/h11-18,22H,6-10,19-20H2,1-5H3,(H,27,30). The molecule has 2 aromatic carbocycles. The number of amides is 2. The van der Waals surface area contributed by atoms with Gasteiger partial charge in [0.2, 0.25) is 0 Å². The highest BCUT2D eigenvalue weighted by atomic mass is 16.5. The van der Waals surface area contributed by atoms with Crippen LogP contribution in [-0.2, 0) is 6.54 Å². The van der Waals surface area contributed by atoms with Crippen LogP contribution in [0.15, 0.2) is 48.5 Å². The molecule has 0 heterocycles. The fraction of sp³-hybridized carbons (Fsp3) is 0.500. The van der Waals surface area contributed by atoms with E-state index in [1.807, 2.05) is 67.3 Å². The molecule has 0 bridgehead atoms. The Morgan fingerprint density at radius 1 is 1.00 bits per heavy atom. The Labute approximate surface area is 188 Å². The van der Waals surface area contributed by atoms with Gasteiger partial charge in [-0.05, 0) is 83.1 Å². The van der Waals surface area contributed by atoms with E-state index in [-0.39, 0.29) is 12.1 Å². The van der Waals surface area contributed by atoms with E-state index in [1.54, 1.807) is 0 Å². The van der Waals surface area contributed by atoms with Crippen molar-refractivity contribution in [2.45, 2.75) is 60.0 Å². The minimum Gasteiger partial charge on any atom is -0.494 e. The molecule has 0 spiro atoms. The summed E-state index contributed by atoms with van der Waals surface area (Å²) < 4.78 is 5.55. The first-order valence-electron chi connectivity index (χ1n) is 11.5. The first kappa shape index (κ1) is 24.7. The van der Waals surface area contributed by atoms with Crippen LogP contribution in [0, 0.1) is 6.92 Å². The molecule has 0 saturated carbocycles. The molecule has 1 atom stereocenters. The lowest BCUT2D eigenvalue weighted by Crippen LogP contribution is -2.41. The van der Waals surface area contributed by atoms with Gasteiger partial charge in [-0.3, -0.25) is 0 Å². The predicted molar refractivity (Wildman–Crippen MR) is 130 cm³/mol. The Bertz CT molecular complexity index is 770. The molecular weight excluding hydrogens is 386 g/mol. The molecule has 0 aromatic heterocycles. The van der Waals surface area contributed by atoms with Gasteiger partial charge in [0.1, 0.15) is 5.75 Å². The van der Waals surface area contributed by atoms with Crippen molar-refractivity contribution in [3.8, 4) is 5.75 Å². The van der Waals surface area contributed by atoms with Gasteiger partial charge < -0.3 is 19.9 Å². The third kappa shape index (κ3) is 8.25. The Kier molecular flexibility index (Phi) is 10.4. The average molecular weight is 426 g/mol. The summed E-state index contributed by atoms with van der Waals surface area (Å²) in [6.07, 6.45) is 2.04. The topological polar surface area (TPSA) is 44.8 Å². The lowest BCUT2D eigenvalue weighted by molar-refractivity contribution is 0.181. The van der Waals surface area contributed by atoms with E-state index in [4.69, 9.17) is 4.74 Å². The fourth-order valence-corrected chi connectivity index (χ4v) is 3.62. The second-order valence-electron chi connectivity index (χ2n) is 8.02. The Hall–Kier alpha value is -2.53. The van der Waals surface area contributed by atoms with E-state index >= 15 is 0 Å². The largest absolute Gasteiger partial charge is 0.494 e. The number of ether oxygens (including phenoxy) is 1. The van der Waals surface area contributed by atoms with Crippen LogP contribution in [0.2, 0.25) is 0 Å². The number of hydrogen-bond acceptors (Lipinski definition) is 3. The maximum absolute atomic E-state index is 13.2. The van der Waals surface area contributed by atoms with Crippen LogP contribution >= 0.6 is 0 Å². The van der Waals surface area contributed by atoms with Crippen molar-refractivity contribution in [1.29, 1.82) is 0 Å². The van der Waals surface area contributed by atoms with Gasteiger partial charge in [-0.2, -0.15) is 0 Å². The SMILES string of the molecule is CCOc1ccc(CN(C(=O)Nc2ccc(C)cc2)C(C)CCCN(CC)CC)cc1. The molecule has 5 nitrogen and oxygen atoms in total. The first-order chi connectivity index (χ1) is 15.0. The van der Waals surface area contributed by atoms with Gasteiger partial charge in [0.05, 0.1) is 6.61 Å². The zero-order valence-corrected chi connectivity index (χ0v) is 19.9. The fourth-order valence-electron chi connectivity index (χ4n) is 3.62. The normalized spacial score (nSPS) is 11.9.